The highest BCUT2D eigenvalue weighted by atomic mass is 32.1. The lowest BCUT2D eigenvalue weighted by Crippen LogP contribution is -2.14. The molecule has 0 spiro atoms. The van der Waals surface area contributed by atoms with E-state index in [4.69, 9.17) is 4.74 Å². The molecule has 0 saturated heterocycles. The van der Waals surface area contributed by atoms with Crippen LogP contribution in [0.25, 0.3) is 10.6 Å². The molecule has 0 fully saturated rings. The summed E-state index contributed by atoms with van der Waals surface area (Å²) in [5, 5.41) is 0.759. The number of carbonyl (C=O) groups is 2. The summed E-state index contributed by atoms with van der Waals surface area (Å²) in [5.74, 6) is -0.745. The Hall–Kier alpha value is -2.79. The fourth-order valence-corrected chi connectivity index (χ4v) is 3.16. The molecule has 0 aliphatic heterocycles. The molecule has 0 unspecified atom stereocenters. The lowest BCUT2D eigenvalue weighted by atomic mass is 10.1. The first kappa shape index (κ1) is 16.1. The first-order valence-electron chi connectivity index (χ1n) is 7.43. The zero-order valence-electron chi connectivity index (χ0n) is 13.1. The van der Waals surface area contributed by atoms with Gasteiger partial charge < -0.3 is 4.74 Å². The minimum atomic E-state index is -0.517. The molecule has 3 aromatic rings. The average Bonchev–Trinajstić information content (AvgIpc) is 3.03. The average molecular weight is 337 g/mol. The molecule has 0 N–H and O–H groups in total. The number of nitrogens with zero attached hydrogens (tertiary/aromatic N) is 1. The van der Waals surface area contributed by atoms with Crippen molar-refractivity contribution in [3.8, 4) is 10.6 Å². The number of hydrogen-bond acceptors (Lipinski definition) is 5. The third kappa shape index (κ3) is 3.58. The van der Waals surface area contributed by atoms with Gasteiger partial charge in [-0.05, 0) is 6.92 Å². The molecular formula is C19H15NO3S. The first-order chi connectivity index (χ1) is 11.6. The van der Waals surface area contributed by atoms with Crippen molar-refractivity contribution < 1.29 is 14.3 Å². The Balaban J connectivity index is 1.70. The van der Waals surface area contributed by atoms with E-state index >= 15 is 0 Å². The third-order valence-electron chi connectivity index (χ3n) is 3.43. The van der Waals surface area contributed by atoms with Crippen molar-refractivity contribution in [1.82, 2.24) is 4.98 Å². The van der Waals surface area contributed by atoms with Crippen molar-refractivity contribution in [3.05, 3.63) is 76.8 Å². The molecule has 24 heavy (non-hydrogen) atoms. The Bertz CT molecular complexity index is 857. The smallest absolute Gasteiger partial charge is 0.350 e. The van der Waals surface area contributed by atoms with Crippen LogP contribution in [0, 0.1) is 6.92 Å². The number of thiazole rings is 1. The minimum absolute atomic E-state index is 0.227. The van der Waals surface area contributed by atoms with Crippen LogP contribution >= 0.6 is 11.3 Å². The SMILES string of the molecule is Cc1nc(-c2ccccc2)sc1C(=O)OCC(=O)c1ccccc1. The fraction of sp³-hybridized carbons (Fsp3) is 0.105. The van der Waals surface area contributed by atoms with Crippen LogP contribution in [0.4, 0.5) is 0 Å². The van der Waals surface area contributed by atoms with Gasteiger partial charge in [-0.2, -0.15) is 0 Å². The molecule has 1 aromatic heterocycles. The number of hydrogen-bond donors (Lipinski definition) is 0. The maximum Gasteiger partial charge on any atom is 0.350 e. The van der Waals surface area contributed by atoms with Crippen LogP contribution in [0.15, 0.2) is 60.7 Å². The summed E-state index contributed by atoms with van der Waals surface area (Å²) in [4.78, 5) is 29.1. The van der Waals surface area contributed by atoms with Gasteiger partial charge in [-0.15, -0.1) is 11.3 Å². The van der Waals surface area contributed by atoms with Crippen LogP contribution in [0.2, 0.25) is 0 Å². The summed E-state index contributed by atoms with van der Waals surface area (Å²) < 4.78 is 5.16. The predicted molar refractivity (Wildman–Crippen MR) is 93.3 cm³/mol. The molecule has 0 aliphatic rings. The van der Waals surface area contributed by atoms with Crippen LogP contribution in [0.1, 0.15) is 25.7 Å². The molecule has 0 saturated carbocycles. The number of esters is 1. The molecule has 4 nitrogen and oxygen atoms in total. The number of ketones is 1. The van der Waals surface area contributed by atoms with Gasteiger partial charge in [0.15, 0.2) is 12.4 Å². The zero-order valence-corrected chi connectivity index (χ0v) is 13.9. The molecule has 120 valence electrons. The second kappa shape index (κ2) is 7.19. The van der Waals surface area contributed by atoms with Crippen molar-refractivity contribution in [2.45, 2.75) is 6.92 Å². The molecule has 0 aliphatic carbocycles. The van der Waals surface area contributed by atoms with Crippen LogP contribution in [-0.4, -0.2) is 23.3 Å². The van der Waals surface area contributed by atoms with E-state index in [2.05, 4.69) is 4.98 Å². The van der Waals surface area contributed by atoms with Gasteiger partial charge >= 0.3 is 5.97 Å². The predicted octanol–water partition coefficient (Wildman–Crippen LogP) is 4.16. The molecule has 5 heteroatoms. The second-order valence-electron chi connectivity index (χ2n) is 5.16. The highest BCUT2D eigenvalue weighted by Gasteiger charge is 2.19. The summed E-state index contributed by atoms with van der Waals surface area (Å²) >= 11 is 1.27. The van der Waals surface area contributed by atoms with E-state index in [0.717, 1.165) is 10.6 Å². The van der Waals surface area contributed by atoms with Gasteiger partial charge in [-0.25, -0.2) is 9.78 Å². The summed E-state index contributed by atoms with van der Waals surface area (Å²) in [6.07, 6.45) is 0. The Morgan fingerprint density at radius 1 is 1.00 bits per heavy atom. The molecule has 0 radical (unpaired) electrons. The molecule has 0 atom stereocenters. The largest absolute Gasteiger partial charge is 0.453 e. The van der Waals surface area contributed by atoms with E-state index in [1.807, 2.05) is 36.4 Å². The quantitative estimate of drug-likeness (QED) is 0.518. The van der Waals surface area contributed by atoms with E-state index in [1.165, 1.54) is 11.3 Å². The van der Waals surface area contributed by atoms with E-state index in [-0.39, 0.29) is 12.4 Å². The van der Waals surface area contributed by atoms with Crippen molar-refractivity contribution in [2.75, 3.05) is 6.61 Å². The highest BCUT2D eigenvalue weighted by Crippen LogP contribution is 2.28. The number of aryl methyl sites for hydroxylation is 1. The number of rotatable bonds is 5. The number of carbonyl (C=O) groups excluding carboxylic acids is 2. The number of Topliss-reactive ketones (excluding diaryl/α,β-unsaturated/α-hetero) is 1. The van der Waals surface area contributed by atoms with E-state index < -0.39 is 5.97 Å². The van der Waals surface area contributed by atoms with Gasteiger partial charge in [0, 0.05) is 11.1 Å². The van der Waals surface area contributed by atoms with Crippen molar-refractivity contribution in [3.63, 3.8) is 0 Å². The highest BCUT2D eigenvalue weighted by molar-refractivity contribution is 7.17. The molecule has 0 amide bonds. The Morgan fingerprint density at radius 3 is 2.29 bits per heavy atom. The van der Waals surface area contributed by atoms with Gasteiger partial charge in [0.05, 0.1) is 5.69 Å². The van der Waals surface area contributed by atoms with Crippen molar-refractivity contribution in [2.24, 2.45) is 0 Å². The van der Waals surface area contributed by atoms with Crippen molar-refractivity contribution >= 4 is 23.1 Å². The van der Waals surface area contributed by atoms with E-state index in [9.17, 15) is 9.59 Å². The molecule has 1 heterocycles. The standard InChI is InChI=1S/C19H15NO3S/c1-13-17(24-18(20-13)15-10-6-3-7-11-15)19(22)23-12-16(21)14-8-4-2-5-9-14/h2-11H,12H2,1H3. The Kier molecular flexibility index (Phi) is 4.82. The monoisotopic (exact) mass is 337 g/mol. The molecule has 0 bridgehead atoms. The lowest BCUT2D eigenvalue weighted by molar-refractivity contribution is 0.0478. The van der Waals surface area contributed by atoms with Crippen LogP contribution in [-0.2, 0) is 4.74 Å². The summed E-state index contributed by atoms with van der Waals surface area (Å²) in [7, 11) is 0. The summed E-state index contributed by atoms with van der Waals surface area (Å²) in [5.41, 5.74) is 2.08. The van der Waals surface area contributed by atoms with E-state index in [0.29, 0.717) is 16.1 Å². The normalized spacial score (nSPS) is 10.4. The maximum absolute atomic E-state index is 12.2. The second-order valence-corrected chi connectivity index (χ2v) is 6.16. The maximum atomic E-state index is 12.2. The Labute approximate surface area is 143 Å². The molecular weight excluding hydrogens is 322 g/mol. The lowest BCUT2D eigenvalue weighted by Gasteiger charge is -2.03. The number of aromatic nitrogens is 1. The van der Waals surface area contributed by atoms with Gasteiger partial charge in [0.1, 0.15) is 9.88 Å². The first-order valence-corrected chi connectivity index (χ1v) is 8.25. The van der Waals surface area contributed by atoms with Gasteiger partial charge in [0.2, 0.25) is 0 Å². The van der Waals surface area contributed by atoms with Crippen LogP contribution < -0.4 is 0 Å². The minimum Gasteiger partial charge on any atom is -0.453 e. The van der Waals surface area contributed by atoms with Crippen LogP contribution in [0.5, 0.6) is 0 Å². The fourth-order valence-electron chi connectivity index (χ4n) is 2.19. The summed E-state index contributed by atoms with van der Waals surface area (Å²) in [6, 6.07) is 18.4. The third-order valence-corrected chi connectivity index (χ3v) is 4.62. The molecule has 2 aromatic carbocycles. The van der Waals surface area contributed by atoms with Gasteiger partial charge in [0.25, 0.3) is 0 Å². The van der Waals surface area contributed by atoms with Gasteiger partial charge in [-0.1, -0.05) is 60.7 Å². The van der Waals surface area contributed by atoms with Gasteiger partial charge in [-0.3, -0.25) is 4.79 Å². The molecule has 3 rings (SSSR count). The van der Waals surface area contributed by atoms with E-state index in [1.54, 1.807) is 31.2 Å². The number of ether oxygens (including phenoxy) is 1. The topological polar surface area (TPSA) is 56.3 Å². The summed E-state index contributed by atoms with van der Waals surface area (Å²) in [6.45, 7) is 1.49. The number of benzene rings is 2. The zero-order chi connectivity index (χ0) is 16.9. The van der Waals surface area contributed by atoms with Crippen LogP contribution in [0.3, 0.4) is 0 Å². The van der Waals surface area contributed by atoms with Crippen molar-refractivity contribution in [1.29, 1.82) is 0 Å². The Morgan fingerprint density at radius 2 is 1.62 bits per heavy atom.